The SMILES string of the molecule is Cc1nc(-c2ccccc2)nc(-c2ccccc2)c1[N+](=O)[O-]. The molecule has 0 unspecified atom stereocenters. The summed E-state index contributed by atoms with van der Waals surface area (Å²) in [6.07, 6.45) is 0. The van der Waals surface area contributed by atoms with Crippen molar-refractivity contribution in [3.05, 3.63) is 76.5 Å². The van der Waals surface area contributed by atoms with E-state index in [4.69, 9.17) is 0 Å². The fourth-order valence-electron chi connectivity index (χ4n) is 2.30. The molecule has 0 spiro atoms. The maximum atomic E-state index is 11.4. The molecule has 0 N–H and O–H groups in total. The van der Waals surface area contributed by atoms with Gasteiger partial charge in [-0.3, -0.25) is 10.1 Å². The highest BCUT2D eigenvalue weighted by Gasteiger charge is 2.23. The van der Waals surface area contributed by atoms with Crippen molar-refractivity contribution in [1.29, 1.82) is 0 Å². The van der Waals surface area contributed by atoms with Crippen molar-refractivity contribution in [2.45, 2.75) is 6.92 Å². The molecule has 0 bridgehead atoms. The van der Waals surface area contributed by atoms with Crippen molar-refractivity contribution in [2.75, 3.05) is 0 Å². The third-order valence-electron chi connectivity index (χ3n) is 3.32. The van der Waals surface area contributed by atoms with Crippen LogP contribution in [0.5, 0.6) is 0 Å². The summed E-state index contributed by atoms with van der Waals surface area (Å²) in [5, 5.41) is 11.4. The molecule has 0 aliphatic heterocycles. The molecule has 0 fully saturated rings. The Bertz CT molecular complexity index is 818. The molecule has 0 radical (unpaired) electrons. The van der Waals surface area contributed by atoms with Crippen molar-refractivity contribution in [2.24, 2.45) is 0 Å². The van der Waals surface area contributed by atoms with Gasteiger partial charge in [-0.05, 0) is 6.92 Å². The minimum atomic E-state index is -0.424. The number of nitrogens with zero attached hydrogens (tertiary/aromatic N) is 3. The topological polar surface area (TPSA) is 68.9 Å². The zero-order chi connectivity index (χ0) is 15.5. The number of hydrogen-bond donors (Lipinski definition) is 0. The molecule has 3 rings (SSSR count). The van der Waals surface area contributed by atoms with E-state index in [-0.39, 0.29) is 5.69 Å². The summed E-state index contributed by atoms with van der Waals surface area (Å²) in [5.41, 5.74) is 2.19. The molecule has 1 aromatic heterocycles. The van der Waals surface area contributed by atoms with Crippen molar-refractivity contribution in [1.82, 2.24) is 9.97 Å². The number of aromatic nitrogens is 2. The van der Waals surface area contributed by atoms with E-state index in [0.717, 1.165) is 5.56 Å². The molecule has 22 heavy (non-hydrogen) atoms. The summed E-state index contributed by atoms with van der Waals surface area (Å²) in [4.78, 5) is 19.7. The first kappa shape index (κ1) is 13.9. The van der Waals surface area contributed by atoms with E-state index in [0.29, 0.717) is 22.8 Å². The van der Waals surface area contributed by atoms with E-state index in [2.05, 4.69) is 9.97 Å². The average molecular weight is 291 g/mol. The van der Waals surface area contributed by atoms with Crippen LogP contribution in [0.2, 0.25) is 0 Å². The molecule has 0 atom stereocenters. The molecule has 2 aromatic carbocycles. The summed E-state index contributed by atoms with van der Waals surface area (Å²) in [7, 11) is 0. The minimum absolute atomic E-state index is 0.0501. The molecule has 5 heteroatoms. The Morgan fingerprint density at radius 2 is 1.41 bits per heavy atom. The summed E-state index contributed by atoms with van der Waals surface area (Å²) >= 11 is 0. The molecule has 108 valence electrons. The summed E-state index contributed by atoms with van der Waals surface area (Å²) in [6.45, 7) is 1.64. The van der Waals surface area contributed by atoms with Crippen LogP contribution < -0.4 is 0 Å². The van der Waals surface area contributed by atoms with Crippen LogP contribution in [-0.2, 0) is 0 Å². The number of rotatable bonds is 3. The van der Waals surface area contributed by atoms with Gasteiger partial charge in [0.25, 0.3) is 0 Å². The van der Waals surface area contributed by atoms with Crippen molar-refractivity contribution in [3.63, 3.8) is 0 Å². The van der Waals surface area contributed by atoms with Crippen molar-refractivity contribution in [3.8, 4) is 22.6 Å². The number of benzene rings is 2. The Hall–Kier alpha value is -3.08. The van der Waals surface area contributed by atoms with Crippen molar-refractivity contribution >= 4 is 5.69 Å². The zero-order valence-electron chi connectivity index (χ0n) is 11.9. The third kappa shape index (κ3) is 2.56. The zero-order valence-corrected chi connectivity index (χ0v) is 11.9. The number of aryl methyl sites for hydroxylation is 1. The second kappa shape index (κ2) is 5.73. The van der Waals surface area contributed by atoms with Crippen LogP contribution in [0.1, 0.15) is 5.69 Å². The van der Waals surface area contributed by atoms with Crippen LogP contribution in [0.3, 0.4) is 0 Å². The first-order chi connectivity index (χ1) is 10.7. The van der Waals surface area contributed by atoms with Gasteiger partial charge in [0.05, 0.1) is 4.92 Å². The molecule has 0 saturated carbocycles. The molecule has 0 saturated heterocycles. The van der Waals surface area contributed by atoms with E-state index in [1.54, 1.807) is 6.92 Å². The predicted molar refractivity (Wildman–Crippen MR) is 84.3 cm³/mol. The Morgan fingerprint density at radius 3 is 1.95 bits per heavy atom. The smallest absolute Gasteiger partial charge is 0.258 e. The second-order valence-electron chi connectivity index (χ2n) is 4.82. The average Bonchev–Trinajstić information content (AvgIpc) is 2.55. The van der Waals surface area contributed by atoms with E-state index in [1.165, 1.54) is 0 Å². The Kier molecular flexibility index (Phi) is 3.62. The molecule has 3 aromatic rings. The van der Waals surface area contributed by atoms with Crippen LogP contribution in [0.25, 0.3) is 22.6 Å². The third-order valence-corrected chi connectivity index (χ3v) is 3.32. The molecule has 5 nitrogen and oxygen atoms in total. The molecule has 1 heterocycles. The minimum Gasteiger partial charge on any atom is -0.258 e. The second-order valence-corrected chi connectivity index (χ2v) is 4.82. The normalized spacial score (nSPS) is 10.4. The van der Waals surface area contributed by atoms with E-state index in [1.807, 2.05) is 60.7 Å². The molecule has 0 aliphatic carbocycles. The van der Waals surface area contributed by atoms with E-state index >= 15 is 0 Å². The monoisotopic (exact) mass is 291 g/mol. The lowest BCUT2D eigenvalue weighted by Gasteiger charge is -2.08. The Labute approximate surface area is 127 Å². The quantitative estimate of drug-likeness (QED) is 0.539. The number of hydrogen-bond acceptors (Lipinski definition) is 4. The van der Waals surface area contributed by atoms with Crippen LogP contribution in [0.15, 0.2) is 60.7 Å². The summed E-state index contributed by atoms with van der Waals surface area (Å²) in [6, 6.07) is 18.6. The van der Waals surface area contributed by atoms with Gasteiger partial charge in [0.2, 0.25) is 0 Å². The van der Waals surface area contributed by atoms with Crippen LogP contribution in [-0.4, -0.2) is 14.9 Å². The fourth-order valence-corrected chi connectivity index (χ4v) is 2.30. The van der Waals surface area contributed by atoms with Gasteiger partial charge in [0, 0.05) is 11.1 Å². The highest BCUT2D eigenvalue weighted by atomic mass is 16.6. The lowest BCUT2D eigenvalue weighted by atomic mass is 10.1. The van der Waals surface area contributed by atoms with E-state index < -0.39 is 4.92 Å². The summed E-state index contributed by atoms with van der Waals surface area (Å²) in [5.74, 6) is 0.488. The van der Waals surface area contributed by atoms with Gasteiger partial charge in [-0.15, -0.1) is 0 Å². The first-order valence-corrected chi connectivity index (χ1v) is 6.80. The number of nitro groups is 1. The van der Waals surface area contributed by atoms with Gasteiger partial charge in [0.1, 0.15) is 5.69 Å². The Morgan fingerprint density at radius 1 is 0.864 bits per heavy atom. The highest BCUT2D eigenvalue weighted by Crippen LogP contribution is 2.32. The largest absolute Gasteiger partial charge is 0.316 e. The standard InChI is InChI=1S/C17H13N3O2/c1-12-16(20(21)22)15(13-8-4-2-5-9-13)19-17(18-12)14-10-6-3-7-11-14/h2-11H,1H3. The molecular formula is C17H13N3O2. The Balaban J connectivity index is 2.26. The van der Waals surface area contributed by atoms with E-state index in [9.17, 15) is 10.1 Å². The van der Waals surface area contributed by atoms with Gasteiger partial charge in [-0.2, -0.15) is 0 Å². The predicted octanol–water partition coefficient (Wildman–Crippen LogP) is 4.03. The van der Waals surface area contributed by atoms with Gasteiger partial charge in [-0.25, -0.2) is 9.97 Å². The molecule has 0 aliphatic rings. The van der Waals surface area contributed by atoms with Crippen molar-refractivity contribution < 1.29 is 4.92 Å². The lowest BCUT2D eigenvalue weighted by Crippen LogP contribution is -2.03. The summed E-state index contributed by atoms with van der Waals surface area (Å²) < 4.78 is 0. The van der Waals surface area contributed by atoms with Crippen LogP contribution >= 0.6 is 0 Å². The molecule has 0 amide bonds. The van der Waals surface area contributed by atoms with Crippen LogP contribution in [0, 0.1) is 17.0 Å². The van der Waals surface area contributed by atoms with Gasteiger partial charge in [0.15, 0.2) is 11.5 Å². The fraction of sp³-hybridized carbons (Fsp3) is 0.0588. The van der Waals surface area contributed by atoms with Crippen LogP contribution in [0.4, 0.5) is 5.69 Å². The highest BCUT2D eigenvalue weighted by molar-refractivity contribution is 5.73. The van der Waals surface area contributed by atoms with Gasteiger partial charge < -0.3 is 0 Å². The maximum Gasteiger partial charge on any atom is 0.316 e. The maximum absolute atomic E-state index is 11.4. The molecular weight excluding hydrogens is 278 g/mol. The van der Waals surface area contributed by atoms with Gasteiger partial charge >= 0.3 is 5.69 Å². The first-order valence-electron chi connectivity index (χ1n) is 6.80. The lowest BCUT2D eigenvalue weighted by molar-refractivity contribution is -0.385. The van der Waals surface area contributed by atoms with Gasteiger partial charge in [-0.1, -0.05) is 60.7 Å².